The van der Waals surface area contributed by atoms with Crippen molar-refractivity contribution in [3.63, 3.8) is 0 Å². The molecular weight excluding hydrogens is 186 g/mol. The molecule has 1 aliphatic rings. The van der Waals surface area contributed by atoms with E-state index >= 15 is 0 Å². The van der Waals surface area contributed by atoms with Gasteiger partial charge in [0.1, 0.15) is 5.15 Å². The maximum atomic E-state index is 11.6. The highest BCUT2D eigenvalue weighted by atomic mass is 35.5. The SMILES string of the molecule is CC1CCc2nc(Cl)ccc2C1=O. The van der Waals surface area contributed by atoms with E-state index in [0.29, 0.717) is 5.15 Å². The van der Waals surface area contributed by atoms with Gasteiger partial charge in [0.05, 0.1) is 5.69 Å². The van der Waals surface area contributed by atoms with E-state index in [2.05, 4.69) is 4.98 Å². The Labute approximate surface area is 81.9 Å². The first-order chi connectivity index (χ1) is 6.18. The molecule has 0 amide bonds. The first kappa shape index (κ1) is 8.70. The van der Waals surface area contributed by atoms with Crippen LogP contribution >= 0.6 is 11.6 Å². The summed E-state index contributed by atoms with van der Waals surface area (Å²) in [6.07, 6.45) is 1.75. The summed E-state index contributed by atoms with van der Waals surface area (Å²) in [5.74, 6) is 0.334. The molecular formula is C10H10ClNO. The van der Waals surface area contributed by atoms with E-state index in [1.807, 2.05) is 6.92 Å². The topological polar surface area (TPSA) is 30.0 Å². The van der Waals surface area contributed by atoms with Gasteiger partial charge >= 0.3 is 0 Å². The van der Waals surface area contributed by atoms with Crippen molar-refractivity contribution in [3.05, 3.63) is 28.5 Å². The number of Topliss-reactive ketones (excluding diaryl/α,β-unsaturated/α-hetero) is 1. The number of fused-ring (bicyclic) bond motifs is 1. The van der Waals surface area contributed by atoms with Gasteiger partial charge in [-0.2, -0.15) is 0 Å². The molecule has 0 aromatic carbocycles. The zero-order valence-corrected chi connectivity index (χ0v) is 8.14. The van der Waals surface area contributed by atoms with E-state index in [4.69, 9.17) is 11.6 Å². The fourth-order valence-corrected chi connectivity index (χ4v) is 1.80. The Bertz CT molecular complexity index is 362. The monoisotopic (exact) mass is 195 g/mol. The van der Waals surface area contributed by atoms with Crippen LogP contribution in [0.3, 0.4) is 0 Å². The first-order valence-electron chi connectivity index (χ1n) is 4.38. The standard InChI is InChI=1S/C10H10ClNO/c1-6-2-4-8-7(10(6)13)3-5-9(11)12-8/h3,5-6H,2,4H2,1H3. The Morgan fingerprint density at radius 3 is 3.08 bits per heavy atom. The van der Waals surface area contributed by atoms with E-state index in [1.54, 1.807) is 12.1 Å². The van der Waals surface area contributed by atoms with Crippen LogP contribution < -0.4 is 0 Å². The average Bonchev–Trinajstić information content (AvgIpc) is 2.12. The number of halogens is 1. The fraction of sp³-hybridized carbons (Fsp3) is 0.400. The number of pyridine rings is 1. The molecule has 0 aliphatic heterocycles. The number of rotatable bonds is 0. The number of aromatic nitrogens is 1. The lowest BCUT2D eigenvalue weighted by atomic mass is 9.87. The minimum absolute atomic E-state index is 0.135. The van der Waals surface area contributed by atoms with Gasteiger partial charge in [0.2, 0.25) is 0 Å². The molecule has 3 heteroatoms. The zero-order valence-electron chi connectivity index (χ0n) is 7.38. The number of nitrogens with zero attached hydrogens (tertiary/aromatic N) is 1. The second-order valence-electron chi connectivity index (χ2n) is 3.43. The van der Waals surface area contributed by atoms with Crippen LogP contribution in [0.25, 0.3) is 0 Å². The molecule has 1 atom stereocenters. The number of ketones is 1. The van der Waals surface area contributed by atoms with Crippen molar-refractivity contribution in [1.82, 2.24) is 4.98 Å². The van der Waals surface area contributed by atoms with Crippen molar-refractivity contribution in [2.24, 2.45) is 5.92 Å². The van der Waals surface area contributed by atoms with Gasteiger partial charge in [-0.3, -0.25) is 4.79 Å². The van der Waals surface area contributed by atoms with Crippen LogP contribution in [-0.4, -0.2) is 10.8 Å². The summed E-state index contributed by atoms with van der Waals surface area (Å²) >= 11 is 5.74. The van der Waals surface area contributed by atoms with Gasteiger partial charge in [-0.25, -0.2) is 4.98 Å². The highest BCUT2D eigenvalue weighted by molar-refractivity contribution is 6.29. The lowest BCUT2D eigenvalue weighted by Crippen LogP contribution is -2.20. The summed E-state index contributed by atoms with van der Waals surface area (Å²) in [5, 5.41) is 0.473. The second-order valence-corrected chi connectivity index (χ2v) is 3.82. The van der Waals surface area contributed by atoms with Gasteiger partial charge in [0, 0.05) is 11.5 Å². The van der Waals surface area contributed by atoms with Crippen molar-refractivity contribution in [3.8, 4) is 0 Å². The highest BCUT2D eigenvalue weighted by Crippen LogP contribution is 2.24. The molecule has 0 saturated heterocycles. The van der Waals surface area contributed by atoms with Gasteiger partial charge in [0.15, 0.2) is 5.78 Å². The Kier molecular flexibility index (Phi) is 2.08. The predicted octanol–water partition coefficient (Wildman–Crippen LogP) is 2.50. The number of carbonyl (C=O) groups is 1. The van der Waals surface area contributed by atoms with Crippen molar-refractivity contribution in [2.45, 2.75) is 19.8 Å². The summed E-state index contributed by atoms with van der Waals surface area (Å²) in [7, 11) is 0. The van der Waals surface area contributed by atoms with Crippen LogP contribution in [0.2, 0.25) is 5.15 Å². The Hall–Kier alpha value is -0.890. The Balaban J connectivity index is 2.50. The lowest BCUT2D eigenvalue weighted by molar-refractivity contribution is 0.0912. The molecule has 0 radical (unpaired) electrons. The third kappa shape index (κ3) is 1.46. The lowest BCUT2D eigenvalue weighted by Gasteiger charge is -2.18. The highest BCUT2D eigenvalue weighted by Gasteiger charge is 2.24. The van der Waals surface area contributed by atoms with Crippen molar-refractivity contribution >= 4 is 17.4 Å². The van der Waals surface area contributed by atoms with Crippen LogP contribution in [0.4, 0.5) is 0 Å². The largest absolute Gasteiger partial charge is 0.294 e. The van der Waals surface area contributed by atoms with Crippen LogP contribution in [0.1, 0.15) is 29.4 Å². The van der Waals surface area contributed by atoms with Gasteiger partial charge in [-0.15, -0.1) is 0 Å². The molecule has 68 valence electrons. The normalized spacial score (nSPS) is 21.4. The number of hydrogen-bond acceptors (Lipinski definition) is 2. The molecule has 1 aliphatic carbocycles. The number of aryl methyl sites for hydroxylation is 1. The molecule has 0 bridgehead atoms. The van der Waals surface area contributed by atoms with Gasteiger partial charge in [0.25, 0.3) is 0 Å². The summed E-state index contributed by atoms with van der Waals surface area (Å²) < 4.78 is 0. The molecule has 2 nitrogen and oxygen atoms in total. The number of carbonyl (C=O) groups excluding carboxylic acids is 1. The van der Waals surface area contributed by atoms with Gasteiger partial charge in [-0.05, 0) is 25.0 Å². The van der Waals surface area contributed by atoms with Crippen molar-refractivity contribution in [2.75, 3.05) is 0 Å². The summed E-state index contributed by atoms with van der Waals surface area (Å²) in [5.41, 5.74) is 1.61. The quantitative estimate of drug-likeness (QED) is 0.596. The van der Waals surface area contributed by atoms with Gasteiger partial charge in [-0.1, -0.05) is 18.5 Å². The summed E-state index contributed by atoms with van der Waals surface area (Å²) in [4.78, 5) is 15.8. The minimum Gasteiger partial charge on any atom is -0.294 e. The van der Waals surface area contributed by atoms with Crippen LogP contribution in [0.15, 0.2) is 12.1 Å². The van der Waals surface area contributed by atoms with E-state index in [-0.39, 0.29) is 11.7 Å². The Morgan fingerprint density at radius 2 is 2.31 bits per heavy atom. The molecule has 1 heterocycles. The molecule has 2 rings (SSSR count). The molecule has 1 aromatic rings. The second kappa shape index (κ2) is 3.11. The number of hydrogen-bond donors (Lipinski definition) is 0. The third-order valence-electron chi connectivity index (χ3n) is 2.47. The summed E-state index contributed by atoms with van der Waals surface area (Å²) in [6, 6.07) is 3.46. The summed E-state index contributed by atoms with van der Waals surface area (Å²) in [6.45, 7) is 1.96. The predicted molar refractivity (Wildman–Crippen MR) is 51.1 cm³/mol. The molecule has 0 N–H and O–H groups in total. The van der Waals surface area contributed by atoms with E-state index in [1.165, 1.54) is 0 Å². The molecule has 1 aromatic heterocycles. The maximum Gasteiger partial charge on any atom is 0.167 e. The maximum absolute atomic E-state index is 11.6. The van der Waals surface area contributed by atoms with Crippen LogP contribution in [0, 0.1) is 5.92 Å². The molecule has 13 heavy (non-hydrogen) atoms. The first-order valence-corrected chi connectivity index (χ1v) is 4.76. The smallest absolute Gasteiger partial charge is 0.167 e. The molecule has 0 spiro atoms. The van der Waals surface area contributed by atoms with Gasteiger partial charge < -0.3 is 0 Å². The fourth-order valence-electron chi connectivity index (χ4n) is 1.64. The minimum atomic E-state index is 0.135. The van der Waals surface area contributed by atoms with E-state index < -0.39 is 0 Å². The third-order valence-corrected chi connectivity index (χ3v) is 2.68. The van der Waals surface area contributed by atoms with Crippen molar-refractivity contribution in [1.29, 1.82) is 0 Å². The Morgan fingerprint density at radius 1 is 1.54 bits per heavy atom. The van der Waals surface area contributed by atoms with E-state index in [0.717, 1.165) is 24.1 Å². The molecule has 0 fully saturated rings. The molecule has 0 saturated carbocycles. The molecule has 1 unspecified atom stereocenters. The van der Waals surface area contributed by atoms with E-state index in [9.17, 15) is 4.79 Å². The average molecular weight is 196 g/mol. The zero-order chi connectivity index (χ0) is 9.42. The van der Waals surface area contributed by atoms with Crippen LogP contribution in [-0.2, 0) is 6.42 Å². The van der Waals surface area contributed by atoms with Crippen molar-refractivity contribution < 1.29 is 4.79 Å². The van der Waals surface area contributed by atoms with Crippen LogP contribution in [0.5, 0.6) is 0 Å².